The van der Waals surface area contributed by atoms with E-state index in [0.29, 0.717) is 13.0 Å². The summed E-state index contributed by atoms with van der Waals surface area (Å²) in [6, 6.07) is 17.3. The van der Waals surface area contributed by atoms with E-state index in [4.69, 9.17) is 14.6 Å². The molecular formula is C19H25NO4. The van der Waals surface area contributed by atoms with Crippen LogP contribution < -0.4 is 10.1 Å². The zero-order valence-electron chi connectivity index (χ0n) is 14.4. The maximum atomic E-state index is 10.9. The van der Waals surface area contributed by atoms with Crippen molar-refractivity contribution in [2.45, 2.75) is 19.1 Å². The molecule has 0 fully saturated rings. The zero-order chi connectivity index (χ0) is 17.8. The van der Waals surface area contributed by atoms with E-state index in [1.165, 1.54) is 7.11 Å². The lowest BCUT2D eigenvalue weighted by Crippen LogP contribution is -2.24. The summed E-state index contributed by atoms with van der Waals surface area (Å²) < 4.78 is 10.6. The van der Waals surface area contributed by atoms with Crippen LogP contribution in [0.5, 0.6) is 5.75 Å². The van der Waals surface area contributed by atoms with Gasteiger partial charge in [0.25, 0.3) is 0 Å². The van der Waals surface area contributed by atoms with Crippen molar-refractivity contribution in [3.8, 4) is 5.75 Å². The molecule has 0 bridgehead atoms. The van der Waals surface area contributed by atoms with Gasteiger partial charge in [-0.25, -0.2) is 4.79 Å². The molecule has 2 aromatic rings. The van der Waals surface area contributed by atoms with Crippen molar-refractivity contribution in [3.63, 3.8) is 0 Å². The van der Waals surface area contributed by atoms with Gasteiger partial charge in [-0.2, -0.15) is 0 Å². The monoisotopic (exact) mass is 331 g/mol. The number of nitrogens with one attached hydrogen (secondary N) is 1. The molecule has 2 N–H and O–H groups in total. The summed E-state index contributed by atoms with van der Waals surface area (Å²) >= 11 is 0. The van der Waals surface area contributed by atoms with Crippen molar-refractivity contribution in [1.29, 1.82) is 0 Å². The number of carboxylic acids is 1. The van der Waals surface area contributed by atoms with Gasteiger partial charge in [-0.15, -0.1) is 0 Å². The molecule has 0 aromatic heterocycles. The van der Waals surface area contributed by atoms with Crippen molar-refractivity contribution in [2.75, 3.05) is 21.2 Å². The standard InChI is InChI=1S/C17H18O4.C2H7N/c1-20-16(17(18)19)11-13-7-9-15(10-8-13)21-12-14-5-3-2-4-6-14;1-3-2/h2-10,16H,11-12H2,1H3,(H,18,19);3H,1-2H3. The van der Waals surface area contributed by atoms with Crippen LogP contribution in [0.4, 0.5) is 0 Å². The van der Waals surface area contributed by atoms with Crippen molar-refractivity contribution in [3.05, 3.63) is 65.7 Å². The van der Waals surface area contributed by atoms with Crippen LogP contribution in [0.15, 0.2) is 54.6 Å². The number of aliphatic carboxylic acids is 1. The van der Waals surface area contributed by atoms with Gasteiger partial charge in [-0.05, 0) is 37.4 Å². The zero-order valence-corrected chi connectivity index (χ0v) is 14.4. The molecule has 0 heterocycles. The first-order valence-corrected chi connectivity index (χ1v) is 7.70. The molecular weight excluding hydrogens is 306 g/mol. The Kier molecular flexibility index (Phi) is 9.19. The van der Waals surface area contributed by atoms with Crippen LogP contribution >= 0.6 is 0 Å². The Labute approximate surface area is 143 Å². The topological polar surface area (TPSA) is 67.8 Å². The molecule has 0 aliphatic heterocycles. The van der Waals surface area contributed by atoms with Gasteiger partial charge in [-0.3, -0.25) is 0 Å². The smallest absolute Gasteiger partial charge is 0.333 e. The van der Waals surface area contributed by atoms with Gasteiger partial charge in [0.2, 0.25) is 0 Å². The number of benzene rings is 2. The summed E-state index contributed by atoms with van der Waals surface area (Å²) in [4.78, 5) is 10.9. The summed E-state index contributed by atoms with van der Waals surface area (Å²) in [5, 5.41) is 11.7. The van der Waals surface area contributed by atoms with Crippen LogP contribution in [0.25, 0.3) is 0 Å². The van der Waals surface area contributed by atoms with Gasteiger partial charge < -0.3 is 19.9 Å². The number of carboxylic acid groups (broad SMARTS) is 1. The summed E-state index contributed by atoms with van der Waals surface area (Å²) in [6.45, 7) is 0.510. The first-order chi connectivity index (χ1) is 11.6. The minimum Gasteiger partial charge on any atom is -0.489 e. The number of ether oxygens (including phenoxy) is 2. The lowest BCUT2D eigenvalue weighted by Gasteiger charge is -2.11. The third-order valence-electron chi connectivity index (χ3n) is 3.15. The fraction of sp³-hybridized carbons (Fsp3) is 0.316. The van der Waals surface area contributed by atoms with Crippen LogP contribution in [0.2, 0.25) is 0 Å². The Hall–Kier alpha value is -2.37. The number of hydrogen-bond donors (Lipinski definition) is 2. The van der Waals surface area contributed by atoms with Crippen LogP contribution in [0.3, 0.4) is 0 Å². The summed E-state index contributed by atoms with van der Waals surface area (Å²) in [5.74, 6) is -0.200. The molecule has 2 aromatic carbocycles. The Morgan fingerprint density at radius 2 is 1.62 bits per heavy atom. The number of carbonyl (C=O) groups is 1. The molecule has 0 radical (unpaired) electrons. The van der Waals surface area contributed by atoms with Crippen molar-refractivity contribution in [2.24, 2.45) is 0 Å². The lowest BCUT2D eigenvalue weighted by molar-refractivity contribution is -0.148. The molecule has 2 rings (SSSR count). The average molecular weight is 331 g/mol. The maximum Gasteiger partial charge on any atom is 0.333 e. The first kappa shape index (κ1) is 19.7. The van der Waals surface area contributed by atoms with E-state index in [1.54, 1.807) is 0 Å². The molecule has 0 aliphatic carbocycles. The number of methoxy groups -OCH3 is 1. The second-order valence-electron chi connectivity index (χ2n) is 5.18. The normalized spacial score (nSPS) is 11.1. The molecule has 1 atom stereocenters. The summed E-state index contributed by atoms with van der Waals surface area (Å²) in [7, 11) is 5.15. The Bertz CT molecular complexity index is 584. The number of rotatable bonds is 7. The first-order valence-electron chi connectivity index (χ1n) is 7.70. The lowest BCUT2D eigenvalue weighted by atomic mass is 10.1. The van der Waals surface area contributed by atoms with E-state index < -0.39 is 12.1 Å². The van der Waals surface area contributed by atoms with Crippen LogP contribution in [0.1, 0.15) is 11.1 Å². The van der Waals surface area contributed by atoms with Crippen LogP contribution in [-0.2, 0) is 22.6 Å². The fourth-order valence-electron chi connectivity index (χ4n) is 1.95. The van der Waals surface area contributed by atoms with Gasteiger partial charge in [0, 0.05) is 13.5 Å². The molecule has 0 spiro atoms. The molecule has 0 saturated carbocycles. The van der Waals surface area contributed by atoms with Gasteiger partial charge in [0.1, 0.15) is 12.4 Å². The van der Waals surface area contributed by atoms with E-state index >= 15 is 0 Å². The molecule has 0 amide bonds. The molecule has 5 heteroatoms. The molecule has 130 valence electrons. The third-order valence-corrected chi connectivity index (χ3v) is 3.15. The average Bonchev–Trinajstić information content (AvgIpc) is 2.60. The quantitative estimate of drug-likeness (QED) is 0.816. The second-order valence-corrected chi connectivity index (χ2v) is 5.18. The molecule has 0 aliphatic rings. The summed E-state index contributed by atoms with van der Waals surface area (Å²) in [5.41, 5.74) is 2.00. The van der Waals surface area contributed by atoms with Crippen molar-refractivity contribution >= 4 is 5.97 Å². The van der Waals surface area contributed by atoms with Crippen LogP contribution in [-0.4, -0.2) is 38.4 Å². The van der Waals surface area contributed by atoms with E-state index in [2.05, 4.69) is 5.32 Å². The predicted octanol–water partition coefficient (Wildman–Crippen LogP) is 2.74. The highest BCUT2D eigenvalue weighted by Crippen LogP contribution is 2.16. The minimum absolute atomic E-state index is 0.338. The third kappa shape index (κ3) is 7.26. The van der Waals surface area contributed by atoms with Gasteiger partial charge in [-0.1, -0.05) is 42.5 Å². The highest BCUT2D eigenvalue weighted by molar-refractivity contribution is 5.72. The van der Waals surface area contributed by atoms with Gasteiger partial charge in [0.15, 0.2) is 6.10 Å². The maximum absolute atomic E-state index is 10.9. The van der Waals surface area contributed by atoms with Crippen molar-refractivity contribution in [1.82, 2.24) is 5.32 Å². The SMILES string of the molecule is CNC.COC(Cc1ccc(OCc2ccccc2)cc1)C(=O)O. The Morgan fingerprint density at radius 3 is 2.12 bits per heavy atom. The fourth-order valence-corrected chi connectivity index (χ4v) is 1.95. The van der Waals surface area contributed by atoms with E-state index in [9.17, 15) is 4.79 Å². The molecule has 1 unspecified atom stereocenters. The Morgan fingerprint density at radius 1 is 1.04 bits per heavy atom. The molecule has 5 nitrogen and oxygen atoms in total. The number of hydrogen-bond acceptors (Lipinski definition) is 4. The minimum atomic E-state index is -0.957. The highest BCUT2D eigenvalue weighted by atomic mass is 16.5. The molecule has 24 heavy (non-hydrogen) atoms. The van der Waals surface area contributed by atoms with E-state index in [0.717, 1.165) is 16.9 Å². The van der Waals surface area contributed by atoms with Crippen LogP contribution in [0, 0.1) is 0 Å². The van der Waals surface area contributed by atoms with Gasteiger partial charge >= 0.3 is 5.97 Å². The summed E-state index contributed by atoms with van der Waals surface area (Å²) in [6.07, 6.45) is -0.480. The Balaban J connectivity index is 0.000000891. The largest absolute Gasteiger partial charge is 0.489 e. The predicted molar refractivity (Wildman–Crippen MR) is 94.3 cm³/mol. The van der Waals surface area contributed by atoms with E-state index in [1.807, 2.05) is 68.7 Å². The molecule has 0 saturated heterocycles. The second kappa shape index (κ2) is 11.2. The highest BCUT2D eigenvalue weighted by Gasteiger charge is 2.16. The van der Waals surface area contributed by atoms with E-state index in [-0.39, 0.29) is 0 Å². The van der Waals surface area contributed by atoms with Crippen molar-refractivity contribution < 1.29 is 19.4 Å². The van der Waals surface area contributed by atoms with Gasteiger partial charge in [0.05, 0.1) is 0 Å².